The number of hydrogen-bond acceptors (Lipinski definition) is 8. The van der Waals surface area contributed by atoms with Gasteiger partial charge in [0.25, 0.3) is 5.56 Å². The van der Waals surface area contributed by atoms with Gasteiger partial charge in [0.1, 0.15) is 17.2 Å². The van der Waals surface area contributed by atoms with Crippen molar-refractivity contribution < 1.29 is 40.6 Å². The molecule has 0 atom stereocenters. The summed E-state index contributed by atoms with van der Waals surface area (Å²) in [6.07, 6.45) is -2.36. The third-order valence-corrected chi connectivity index (χ3v) is 5.65. The Bertz CT molecular complexity index is 1460. The normalized spacial score (nSPS) is 11.7. The van der Waals surface area contributed by atoms with Crippen molar-refractivity contribution in [3.05, 3.63) is 75.1 Å². The molecule has 0 spiro atoms. The minimum atomic E-state index is -4.74. The number of benzene rings is 1. The number of alkyl halides is 6. The van der Waals surface area contributed by atoms with Crippen LogP contribution in [0.5, 0.6) is 0 Å². The summed E-state index contributed by atoms with van der Waals surface area (Å²) in [5, 5.41) is 13.5. The van der Waals surface area contributed by atoms with E-state index in [1.54, 1.807) is 17.4 Å². The fraction of sp³-hybridized carbons (Fsp3) is 0.308. The number of aliphatic hydroxyl groups excluding tert-OH is 1. The number of pyridine rings is 1. The average molecular weight is 605 g/mol. The highest BCUT2D eigenvalue weighted by Gasteiger charge is 2.36. The van der Waals surface area contributed by atoms with Crippen LogP contribution in [0.1, 0.15) is 46.3 Å². The van der Waals surface area contributed by atoms with Crippen LogP contribution in [0.25, 0.3) is 17.3 Å². The van der Waals surface area contributed by atoms with Gasteiger partial charge in [-0.3, -0.25) is 9.59 Å². The number of aromatic nitrogens is 3. The number of anilines is 2. The largest absolute Gasteiger partial charge is 0.423 e. The highest BCUT2D eigenvalue weighted by Crippen LogP contribution is 2.35. The van der Waals surface area contributed by atoms with Crippen LogP contribution >= 0.6 is 0 Å². The molecule has 42 heavy (non-hydrogen) atoms. The molecule has 0 fully saturated rings. The van der Waals surface area contributed by atoms with E-state index in [-0.39, 0.29) is 23.4 Å². The van der Waals surface area contributed by atoms with E-state index in [1.165, 1.54) is 6.07 Å². The van der Waals surface area contributed by atoms with Crippen LogP contribution in [0.3, 0.4) is 0 Å². The molecule has 2 heterocycles. The molecule has 9 nitrogen and oxygen atoms in total. The second kappa shape index (κ2) is 14.4. The molecule has 0 bridgehead atoms. The molecular formula is C26H27F7N6O3. The second-order valence-corrected chi connectivity index (χ2v) is 8.81. The molecule has 6 N–H and O–H groups in total. The Morgan fingerprint density at radius 2 is 1.71 bits per heavy atom. The fourth-order valence-corrected chi connectivity index (χ4v) is 3.55. The van der Waals surface area contributed by atoms with E-state index in [0.29, 0.717) is 11.8 Å². The number of hydrogen-bond donors (Lipinski definition) is 4. The molecule has 0 unspecified atom stereocenters. The summed E-state index contributed by atoms with van der Waals surface area (Å²) in [5.41, 5.74) is 6.17. The molecule has 16 heteroatoms. The lowest BCUT2D eigenvalue weighted by atomic mass is 10.0. The predicted octanol–water partition coefficient (Wildman–Crippen LogP) is 4.74. The molecule has 0 aliphatic rings. The number of aldehydes is 1. The molecular weight excluding hydrogens is 577 g/mol. The molecule has 0 aliphatic carbocycles. The minimum Gasteiger partial charge on any atom is -0.397 e. The van der Waals surface area contributed by atoms with Crippen molar-refractivity contribution in [1.82, 2.24) is 20.1 Å². The maximum atomic E-state index is 14.5. The first-order valence-corrected chi connectivity index (χ1v) is 12.1. The van der Waals surface area contributed by atoms with E-state index in [2.05, 4.69) is 10.1 Å². The Labute approximate surface area is 234 Å². The van der Waals surface area contributed by atoms with Gasteiger partial charge in [-0.15, -0.1) is 0 Å². The molecule has 3 rings (SSSR count). The van der Waals surface area contributed by atoms with Crippen LogP contribution < -0.4 is 17.0 Å². The Morgan fingerprint density at radius 1 is 1.02 bits per heavy atom. The minimum absolute atomic E-state index is 0.0636. The molecule has 0 saturated heterocycles. The van der Waals surface area contributed by atoms with E-state index in [9.17, 15) is 40.3 Å². The number of aliphatic hydroxyl groups is 1. The van der Waals surface area contributed by atoms with Gasteiger partial charge in [-0.1, -0.05) is 0 Å². The summed E-state index contributed by atoms with van der Waals surface area (Å²) >= 11 is 0. The van der Waals surface area contributed by atoms with Crippen molar-refractivity contribution in [2.75, 3.05) is 31.7 Å². The van der Waals surface area contributed by atoms with Crippen molar-refractivity contribution in [2.45, 2.75) is 31.6 Å². The van der Waals surface area contributed by atoms with Crippen LogP contribution in [0, 0.1) is 5.82 Å². The van der Waals surface area contributed by atoms with Gasteiger partial charge in [0, 0.05) is 31.3 Å². The summed E-state index contributed by atoms with van der Waals surface area (Å²) in [6.45, 7) is 0.862. The Balaban J connectivity index is 0.000000428. The van der Waals surface area contributed by atoms with Gasteiger partial charge in [0.05, 0.1) is 23.1 Å². The SMILES string of the molecule is CN(/C=C\c1cc(-c2ccc(C(F)(F)F)c(N)n2)c(F)cc1C=O)CCCCCO.Nc1cn[nH]c(=O)c1C(F)(F)F. The zero-order chi connectivity index (χ0) is 31.7. The second-order valence-electron chi connectivity index (χ2n) is 8.81. The van der Waals surface area contributed by atoms with E-state index >= 15 is 0 Å². The first-order valence-electron chi connectivity index (χ1n) is 12.1. The van der Waals surface area contributed by atoms with Crippen LogP contribution in [0.2, 0.25) is 0 Å². The summed E-state index contributed by atoms with van der Waals surface area (Å²) in [4.78, 5) is 27.5. The maximum absolute atomic E-state index is 14.5. The van der Waals surface area contributed by atoms with Crippen LogP contribution in [0.15, 0.2) is 41.5 Å². The summed E-state index contributed by atoms with van der Waals surface area (Å²) in [6, 6.07) is 4.16. The first-order chi connectivity index (χ1) is 19.6. The number of H-pyrrole nitrogens is 1. The zero-order valence-electron chi connectivity index (χ0n) is 22.1. The third kappa shape index (κ3) is 9.29. The highest BCUT2D eigenvalue weighted by molar-refractivity contribution is 5.84. The van der Waals surface area contributed by atoms with Crippen molar-refractivity contribution >= 4 is 23.9 Å². The number of aromatic amines is 1. The van der Waals surface area contributed by atoms with Gasteiger partial charge in [0.2, 0.25) is 0 Å². The molecule has 0 saturated carbocycles. The number of carbonyl (C=O) groups excluding carboxylic acids is 1. The highest BCUT2D eigenvalue weighted by atomic mass is 19.4. The summed E-state index contributed by atoms with van der Waals surface area (Å²) in [7, 11) is 1.83. The van der Waals surface area contributed by atoms with Crippen molar-refractivity contribution in [2.24, 2.45) is 0 Å². The number of nitrogens with two attached hydrogens (primary N) is 2. The molecule has 0 aliphatic heterocycles. The maximum Gasteiger partial charge on any atom is 0.423 e. The fourth-order valence-electron chi connectivity index (χ4n) is 3.55. The van der Waals surface area contributed by atoms with Gasteiger partial charge < -0.3 is 21.5 Å². The number of unbranched alkanes of at least 4 members (excludes halogenated alkanes) is 2. The van der Waals surface area contributed by atoms with Gasteiger partial charge in [-0.25, -0.2) is 14.5 Å². The van der Waals surface area contributed by atoms with Crippen molar-refractivity contribution in [3.63, 3.8) is 0 Å². The van der Waals surface area contributed by atoms with E-state index < -0.39 is 46.4 Å². The third-order valence-electron chi connectivity index (χ3n) is 5.65. The van der Waals surface area contributed by atoms with Crippen molar-refractivity contribution in [1.29, 1.82) is 0 Å². The van der Waals surface area contributed by atoms with E-state index in [1.807, 2.05) is 11.9 Å². The number of nitrogen functional groups attached to an aromatic ring is 2. The number of rotatable bonds is 9. The standard InChI is InChI=1S/C21H23F4N3O2.C5H4F3N3O/c1-28(8-3-2-4-10-29)9-7-14-11-16(18(22)12-15(14)13-30)19-6-5-17(20(26)27-19)21(23,24)25;6-5(7,8)3-2(9)1-10-11-4(3)12/h5-7,9,11-13,29H,2-4,8,10H2,1H3,(H2,26,27);1H,(H3,9,11,12)/b9-7-;. The molecule has 0 amide bonds. The topological polar surface area (TPSA) is 151 Å². The molecule has 228 valence electrons. The van der Waals surface area contributed by atoms with Crippen LogP contribution in [-0.4, -0.2) is 51.7 Å². The van der Waals surface area contributed by atoms with Gasteiger partial charge >= 0.3 is 12.4 Å². The van der Waals surface area contributed by atoms with Gasteiger partial charge in [-0.2, -0.15) is 31.4 Å². The molecule has 2 aromatic heterocycles. The zero-order valence-corrected chi connectivity index (χ0v) is 22.1. The van der Waals surface area contributed by atoms with Crippen LogP contribution in [-0.2, 0) is 12.4 Å². The number of nitrogens with zero attached hydrogens (tertiary/aromatic N) is 3. The quantitative estimate of drug-likeness (QED) is 0.155. The Hall–Kier alpha value is -4.47. The van der Waals surface area contributed by atoms with E-state index in [4.69, 9.17) is 16.6 Å². The lowest BCUT2D eigenvalue weighted by Crippen LogP contribution is -2.24. The predicted molar refractivity (Wildman–Crippen MR) is 141 cm³/mol. The summed E-state index contributed by atoms with van der Waals surface area (Å²) < 4.78 is 89.1. The van der Waals surface area contributed by atoms with E-state index in [0.717, 1.165) is 50.2 Å². The monoisotopic (exact) mass is 604 g/mol. The van der Waals surface area contributed by atoms with Gasteiger partial charge in [-0.05, 0) is 61.4 Å². The first kappa shape index (κ1) is 33.7. The lowest BCUT2D eigenvalue weighted by molar-refractivity contribution is -0.138. The Morgan fingerprint density at radius 3 is 2.24 bits per heavy atom. The van der Waals surface area contributed by atoms with Crippen LogP contribution in [0.4, 0.5) is 42.2 Å². The number of carbonyl (C=O) groups is 1. The lowest BCUT2D eigenvalue weighted by Gasteiger charge is -2.14. The van der Waals surface area contributed by atoms with Gasteiger partial charge in [0.15, 0.2) is 6.29 Å². The van der Waals surface area contributed by atoms with Crippen molar-refractivity contribution in [3.8, 4) is 11.3 Å². The average Bonchev–Trinajstić information content (AvgIpc) is 2.89. The molecule has 0 radical (unpaired) electrons. The molecule has 1 aromatic carbocycles. The summed E-state index contributed by atoms with van der Waals surface area (Å²) in [5.74, 6) is -1.54. The Kier molecular flexibility index (Phi) is 11.6. The smallest absolute Gasteiger partial charge is 0.397 e. The number of halogens is 7. The number of nitrogens with one attached hydrogen (secondary N) is 1. The molecule has 3 aromatic rings.